The molecule has 0 N–H and O–H groups in total. The highest BCUT2D eigenvalue weighted by Crippen LogP contribution is 2.37. The molecule has 0 aromatic rings. The van der Waals surface area contributed by atoms with Crippen LogP contribution in [0.1, 0.15) is 71.6 Å². The lowest BCUT2D eigenvalue weighted by molar-refractivity contribution is 0.262. The summed E-state index contributed by atoms with van der Waals surface area (Å²) in [5.41, 5.74) is 0.349. The number of epoxide rings is 1. The molecule has 0 aliphatic carbocycles. The summed E-state index contributed by atoms with van der Waals surface area (Å²) in [6, 6.07) is 0. The Kier molecular flexibility index (Phi) is 5.54. The van der Waals surface area contributed by atoms with Crippen LogP contribution in [0.5, 0.6) is 0 Å². The van der Waals surface area contributed by atoms with E-state index < -0.39 is 0 Å². The molecule has 1 saturated heterocycles. The Balaban J connectivity index is 1.94. The molecule has 1 heteroatoms. The number of unbranched alkanes of at least 4 members (excludes halogenated alkanes) is 5. The van der Waals surface area contributed by atoms with Crippen LogP contribution in [0.4, 0.5) is 0 Å². The van der Waals surface area contributed by atoms with Gasteiger partial charge in [0, 0.05) is 0 Å². The highest BCUT2D eigenvalue weighted by Gasteiger charge is 2.42. The zero-order valence-corrected chi connectivity index (χ0v) is 9.98. The second-order valence-electron chi connectivity index (χ2n) is 4.74. The third-order valence-corrected chi connectivity index (χ3v) is 3.27. The van der Waals surface area contributed by atoms with Crippen LogP contribution in [0.3, 0.4) is 0 Å². The lowest BCUT2D eigenvalue weighted by Crippen LogP contribution is -2.10. The highest BCUT2D eigenvalue weighted by molar-refractivity contribution is 4.91. The van der Waals surface area contributed by atoms with Gasteiger partial charge in [0.05, 0.1) is 12.2 Å². The minimum atomic E-state index is 0.349. The molecular weight excluding hydrogens is 172 g/mol. The first-order chi connectivity index (χ1) is 6.83. The normalized spacial score (nSPS) is 25.3. The van der Waals surface area contributed by atoms with Crippen molar-refractivity contribution in [3.8, 4) is 0 Å². The minimum Gasteiger partial charge on any atom is -0.370 e. The Morgan fingerprint density at radius 3 is 2.00 bits per heavy atom. The van der Waals surface area contributed by atoms with Crippen LogP contribution < -0.4 is 0 Å². The van der Waals surface area contributed by atoms with E-state index in [1.54, 1.807) is 0 Å². The summed E-state index contributed by atoms with van der Waals surface area (Å²) in [5, 5.41) is 0. The first-order valence-electron chi connectivity index (χ1n) is 6.47. The molecule has 0 amide bonds. The minimum absolute atomic E-state index is 0.349. The van der Waals surface area contributed by atoms with Crippen molar-refractivity contribution in [2.45, 2.75) is 77.2 Å². The fourth-order valence-electron chi connectivity index (χ4n) is 2.07. The van der Waals surface area contributed by atoms with Crippen LogP contribution in [0.15, 0.2) is 0 Å². The molecule has 1 nitrogen and oxygen atoms in total. The fraction of sp³-hybridized carbons (Fsp3) is 1.00. The molecule has 1 unspecified atom stereocenters. The summed E-state index contributed by atoms with van der Waals surface area (Å²) in [4.78, 5) is 0. The van der Waals surface area contributed by atoms with Crippen molar-refractivity contribution in [2.24, 2.45) is 0 Å². The van der Waals surface area contributed by atoms with Gasteiger partial charge in [-0.1, -0.05) is 58.8 Å². The first-order valence-corrected chi connectivity index (χ1v) is 6.47. The second-order valence-corrected chi connectivity index (χ2v) is 4.74. The quantitative estimate of drug-likeness (QED) is 0.397. The number of hydrogen-bond acceptors (Lipinski definition) is 1. The van der Waals surface area contributed by atoms with Gasteiger partial charge in [-0.2, -0.15) is 0 Å². The zero-order chi connectivity index (χ0) is 10.3. The van der Waals surface area contributed by atoms with Gasteiger partial charge in [0.15, 0.2) is 0 Å². The molecule has 0 aromatic carbocycles. The fourth-order valence-corrected chi connectivity index (χ4v) is 2.07. The van der Waals surface area contributed by atoms with Gasteiger partial charge in [-0.25, -0.2) is 0 Å². The van der Waals surface area contributed by atoms with Gasteiger partial charge in [-0.05, 0) is 12.8 Å². The lowest BCUT2D eigenvalue weighted by Gasteiger charge is -2.10. The van der Waals surface area contributed by atoms with Crippen molar-refractivity contribution in [3.63, 3.8) is 0 Å². The van der Waals surface area contributed by atoms with Gasteiger partial charge in [0.25, 0.3) is 0 Å². The Morgan fingerprint density at radius 2 is 1.43 bits per heavy atom. The summed E-state index contributed by atoms with van der Waals surface area (Å²) in [7, 11) is 0. The third kappa shape index (κ3) is 4.45. The monoisotopic (exact) mass is 198 g/mol. The largest absolute Gasteiger partial charge is 0.370 e. The molecule has 0 aromatic heterocycles. The van der Waals surface area contributed by atoms with Crippen molar-refractivity contribution in [1.82, 2.24) is 0 Å². The molecule has 1 aliphatic rings. The molecule has 1 atom stereocenters. The lowest BCUT2D eigenvalue weighted by atomic mass is 9.96. The average molecular weight is 198 g/mol. The van der Waals surface area contributed by atoms with Crippen molar-refractivity contribution in [2.75, 3.05) is 6.61 Å². The highest BCUT2D eigenvalue weighted by atomic mass is 16.6. The topological polar surface area (TPSA) is 12.5 Å². The summed E-state index contributed by atoms with van der Waals surface area (Å²) in [6.07, 6.45) is 12.2. The summed E-state index contributed by atoms with van der Waals surface area (Å²) in [6.45, 7) is 5.57. The second kappa shape index (κ2) is 6.44. The number of rotatable bonds is 9. The first kappa shape index (κ1) is 12.0. The number of hydrogen-bond donors (Lipinski definition) is 0. The van der Waals surface area contributed by atoms with E-state index in [0.29, 0.717) is 5.60 Å². The Hall–Kier alpha value is -0.0400. The molecule has 1 heterocycles. The van der Waals surface area contributed by atoms with E-state index in [-0.39, 0.29) is 0 Å². The molecule has 0 radical (unpaired) electrons. The molecule has 84 valence electrons. The van der Waals surface area contributed by atoms with Gasteiger partial charge in [0.2, 0.25) is 0 Å². The van der Waals surface area contributed by atoms with Gasteiger partial charge in [-0.3, -0.25) is 0 Å². The van der Waals surface area contributed by atoms with Crippen molar-refractivity contribution < 1.29 is 4.74 Å². The Bertz CT molecular complexity index is 138. The maximum atomic E-state index is 5.60. The summed E-state index contributed by atoms with van der Waals surface area (Å²) in [5.74, 6) is 0. The standard InChI is InChI=1S/C13H26O/c1-3-5-7-8-9-11-13(12-14-13)10-6-4-2/h3-12H2,1-2H3. The van der Waals surface area contributed by atoms with E-state index in [0.717, 1.165) is 6.61 Å². The molecule has 1 rings (SSSR count). The van der Waals surface area contributed by atoms with Gasteiger partial charge in [0.1, 0.15) is 0 Å². The molecule has 0 spiro atoms. The smallest absolute Gasteiger partial charge is 0.0916 e. The van der Waals surface area contributed by atoms with Crippen molar-refractivity contribution >= 4 is 0 Å². The van der Waals surface area contributed by atoms with Crippen LogP contribution in [-0.4, -0.2) is 12.2 Å². The van der Waals surface area contributed by atoms with Crippen LogP contribution in [-0.2, 0) is 4.74 Å². The maximum absolute atomic E-state index is 5.60. The van der Waals surface area contributed by atoms with Gasteiger partial charge in [-0.15, -0.1) is 0 Å². The maximum Gasteiger partial charge on any atom is 0.0916 e. The predicted molar refractivity (Wildman–Crippen MR) is 61.6 cm³/mol. The average Bonchev–Trinajstić information content (AvgIpc) is 2.96. The third-order valence-electron chi connectivity index (χ3n) is 3.27. The Morgan fingerprint density at radius 1 is 0.857 bits per heavy atom. The van der Waals surface area contributed by atoms with Crippen LogP contribution in [0.25, 0.3) is 0 Å². The van der Waals surface area contributed by atoms with Gasteiger partial charge >= 0.3 is 0 Å². The van der Waals surface area contributed by atoms with Crippen LogP contribution in [0.2, 0.25) is 0 Å². The van der Waals surface area contributed by atoms with Crippen LogP contribution in [0, 0.1) is 0 Å². The van der Waals surface area contributed by atoms with E-state index in [1.165, 1.54) is 57.8 Å². The van der Waals surface area contributed by atoms with Crippen molar-refractivity contribution in [3.05, 3.63) is 0 Å². The van der Waals surface area contributed by atoms with E-state index >= 15 is 0 Å². The zero-order valence-electron chi connectivity index (χ0n) is 9.98. The van der Waals surface area contributed by atoms with E-state index in [1.807, 2.05) is 0 Å². The van der Waals surface area contributed by atoms with Gasteiger partial charge < -0.3 is 4.74 Å². The van der Waals surface area contributed by atoms with E-state index in [2.05, 4.69) is 13.8 Å². The SMILES string of the molecule is CCCCCCCC1(CCCC)CO1. The van der Waals surface area contributed by atoms with E-state index in [9.17, 15) is 0 Å². The molecule has 14 heavy (non-hydrogen) atoms. The van der Waals surface area contributed by atoms with Crippen molar-refractivity contribution in [1.29, 1.82) is 0 Å². The van der Waals surface area contributed by atoms with Crippen LogP contribution >= 0.6 is 0 Å². The number of ether oxygens (including phenoxy) is 1. The van der Waals surface area contributed by atoms with E-state index in [4.69, 9.17) is 4.74 Å². The molecule has 0 bridgehead atoms. The molecule has 0 saturated carbocycles. The summed E-state index contributed by atoms with van der Waals surface area (Å²) >= 11 is 0. The summed E-state index contributed by atoms with van der Waals surface area (Å²) < 4.78 is 5.60. The molecule has 1 fully saturated rings. The predicted octanol–water partition coefficient (Wildman–Crippen LogP) is 4.31. The Labute approximate surface area is 89.2 Å². The molecule has 1 aliphatic heterocycles. The molecular formula is C13H26O.